The average Bonchev–Trinajstić information content (AvgIpc) is 3.35. The zero-order valence-electron chi connectivity index (χ0n) is 16.8. The van der Waals surface area contributed by atoms with Crippen molar-refractivity contribution in [2.45, 2.75) is 45.3 Å². The van der Waals surface area contributed by atoms with Gasteiger partial charge in [-0.15, -0.1) is 10.2 Å². The number of nitrogens with zero attached hydrogens (tertiary/aromatic N) is 6. The molecule has 32 heavy (non-hydrogen) atoms. The van der Waals surface area contributed by atoms with Crippen LogP contribution in [-0.2, 0) is 17.8 Å². The van der Waals surface area contributed by atoms with Gasteiger partial charge in [-0.2, -0.15) is 13.2 Å². The molecule has 1 aliphatic rings. The quantitative estimate of drug-likeness (QED) is 0.518. The number of carbonyl (C=O) groups is 1. The van der Waals surface area contributed by atoms with Crippen LogP contribution in [-0.4, -0.2) is 46.0 Å². The molecule has 3 aromatic heterocycles. The molecule has 0 aromatic carbocycles. The first-order chi connectivity index (χ1) is 15.1. The van der Waals surface area contributed by atoms with Gasteiger partial charge in [0.05, 0.1) is 10.2 Å². The lowest BCUT2D eigenvalue weighted by molar-refractivity contribution is -0.192. The molecule has 0 bridgehead atoms. The number of fused-ring (bicyclic) bond motifs is 2. The van der Waals surface area contributed by atoms with Gasteiger partial charge in [0, 0.05) is 30.9 Å². The Hall–Kier alpha value is -3.09. The summed E-state index contributed by atoms with van der Waals surface area (Å²) in [5, 5.41) is 15.7. The normalized spacial score (nSPS) is 12.8. The van der Waals surface area contributed by atoms with E-state index in [1.165, 1.54) is 0 Å². The highest BCUT2D eigenvalue weighted by Crippen LogP contribution is 2.29. The van der Waals surface area contributed by atoms with E-state index in [0.29, 0.717) is 29.4 Å². The molecule has 0 fully saturated rings. The molecule has 0 unspecified atom stereocenters. The van der Waals surface area contributed by atoms with Gasteiger partial charge in [-0.1, -0.05) is 19.8 Å². The van der Waals surface area contributed by atoms with Crippen LogP contribution in [0.3, 0.4) is 0 Å². The molecule has 0 aliphatic carbocycles. The second-order valence-electron chi connectivity index (χ2n) is 6.83. The number of aliphatic carboxylic acids is 1. The number of alkyl halides is 3. The summed E-state index contributed by atoms with van der Waals surface area (Å²) < 4.78 is 36.1. The Morgan fingerprint density at radius 1 is 1.22 bits per heavy atom. The van der Waals surface area contributed by atoms with Crippen LogP contribution < -0.4 is 5.56 Å². The highest BCUT2D eigenvalue weighted by atomic mass is 79.9. The minimum Gasteiger partial charge on any atom is -0.475 e. The molecule has 0 radical (unpaired) electrons. The van der Waals surface area contributed by atoms with Crippen LogP contribution >= 0.6 is 15.9 Å². The van der Waals surface area contributed by atoms with E-state index in [1.54, 1.807) is 16.8 Å². The summed E-state index contributed by atoms with van der Waals surface area (Å²) >= 11 is 3.44. The number of hydrogen-bond acceptors (Lipinski definition) is 6. The van der Waals surface area contributed by atoms with Crippen LogP contribution in [0, 0.1) is 0 Å². The molecule has 9 nitrogen and oxygen atoms in total. The largest absolute Gasteiger partial charge is 0.490 e. The van der Waals surface area contributed by atoms with Crippen molar-refractivity contribution < 1.29 is 23.1 Å². The number of unbranched alkanes of at least 4 members (excludes halogenated alkanes) is 2. The zero-order chi connectivity index (χ0) is 23.5. The van der Waals surface area contributed by atoms with Crippen LogP contribution in [0.15, 0.2) is 34.3 Å². The second kappa shape index (κ2) is 9.59. The maximum Gasteiger partial charge on any atom is 0.490 e. The van der Waals surface area contributed by atoms with E-state index in [-0.39, 0.29) is 5.56 Å². The van der Waals surface area contributed by atoms with E-state index in [0.717, 1.165) is 36.0 Å². The Morgan fingerprint density at radius 2 is 1.88 bits per heavy atom. The summed E-state index contributed by atoms with van der Waals surface area (Å²) in [6.45, 7) is 2.93. The molecule has 0 saturated heterocycles. The predicted molar refractivity (Wildman–Crippen MR) is 113 cm³/mol. The van der Waals surface area contributed by atoms with Gasteiger partial charge in [0.15, 0.2) is 5.82 Å². The summed E-state index contributed by atoms with van der Waals surface area (Å²) in [5.41, 5.74) is 1.40. The molecule has 13 heteroatoms. The minimum absolute atomic E-state index is 0.105. The van der Waals surface area contributed by atoms with Crippen molar-refractivity contribution in [3.8, 4) is 11.4 Å². The number of aliphatic imine (C=N–C) groups is 1. The third-order valence-electron chi connectivity index (χ3n) is 4.59. The average molecular weight is 515 g/mol. The maximum atomic E-state index is 13.1. The van der Waals surface area contributed by atoms with Gasteiger partial charge in [-0.3, -0.25) is 14.3 Å². The van der Waals surface area contributed by atoms with Crippen LogP contribution in [0.5, 0.6) is 0 Å². The Balaban J connectivity index is 0.000000360. The molecule has 4 heterocycles. The predicted octanol–water partition coefficient (Wildman–Crippen LogP) is 3.76. The lowest BCUT2D eigenvalue weighted by Crippen LogP contribution is -2.22. The molecule has 4 rings (SSSR count). The van der Waals surface area contributed by atoms with Gasteiger partial charge in [-0.25, -0.2) is 14.2 Å². The molecule has 1 aliphatic heterocycles. The molecule has 3 aromatic rings. The first-order valence-corrected chi connectivity index (χ1v) is 10.4. The van der Waals surface area contributed by atoms with Gasteiger partial charge in [0.25, 0.3) is 5.56 Å². The van der Waals surface area contributed by atoms with Crippen molar-refractivity contribution >= 4 is 38.1 Å². The summed E-state index contributed by atoms with van der Waals surface area (Å²) in [4.78, 5) is 30.5. The fourth-order valence-corrected chi connectivity index (χ4v) is 3.57. The summed E-state index contributed by atoms with van der Waals surface area (Å²) in [5.74, 6) is -0.975. The molecular formula is C19H18BrF3N6O3. The van der Waals surface area contributed by atoms with Crippen molar-refractivity contribution in [3.63, 3.8) is 0 Å². The smallest absolute Gasteiger partial charge is 0.475 e. The number of carboxylic acid groups (broad SMARTS) is 1. The van der Waals surface area contributed by atoms with Crippen molar-refractivity contribution in [1.29, 1.82) is 0 Å². The Labute approximate surface area is 187 Å². The number of aryl methyl sites for hydroxylation is 1. The van der Waals surface area contributed by atoms with Crippen molar-refractivity contribution in [2.75, 3.05) is 0 Å². The summed E-state index contributed by atoms with van der Waals surface area (Å²) in [6, 6.07) is 3.66. The fourth-order valence-electron chi connectivity index (χ4n) is 3.12. The highest BCUT2D eigenvalue weighted by molar-refractivity contribution is 9.18. The zero-order valence-corrected chi connectivity index (χ0v) is 18.4. The number of hydrogen-bond donors (Lipinski definition) is 1. The van der Waals surface area contributed by atoms with Crippen LogP contribution in [0.2, 0.25) is 0 Å². The molecule has 0 atom stereocenters. The maximum absolute atomic E-state index is 13.1. The van der Waals surface area contributed by atoms with Crippen molar-refractivity contribution in [1.82, 2.24) is 24.1 Å². The first kappa shape index (κ1) is 23.6. The van der Waals surface area contributed by atoms with E-state index in [4.69, 9.17) is 9.90 Å². The minimum atomic E-state index is -5.08. The number of carboxylic acids is 1. The lowest BCUT2D eigenvalue weighted by Gasteiger charge is -2.12. The summed E-state index contributed by atoms with van der Waals surface area (Å²) in [6.07, 6.45) is 2.04. The second-order valence-corrected chi connectivity index (χ2v) is 7.74. The molecule has 1 N–H and O–H groups in total. The molecular weight excluding hydrogens is 497 g/mol. The van der Waals surface area contributed by atoms with Gasteiger partial charge in [0.2, 0.25) is 5.78 Å². The van der Waals surface area contributed by atoms with E-state index in [2.05, 4.69) is 43.0 Å². The standard InChI is InChI=1S/C17H17BrN6O.C2HF3O2/c1-2-3-4-9-23-15-12(10-13(18)20-15)16(25)24-14(21-22-17(23)24)11-5-7-19-8-6-11;3-2(4,5)1(6)7/h5-8H,2-4,9-10H2,1H3;(H,6,7). The van der Waals surface area contributed by atoms with Crippen LogP contribution in [0.25, 0.3) is 17.2 Å². The van der Waals surface area contributed by atoms with Gasteiger partial charge in [0.1, 0.15) is 5.82 Å². The van der Waals surface area contributed by atoms with Crippen molar-refractivity contribution in [3.05, 3.63) is 40.4 Å². The highest BCUT2D eigenvalue weighted by Gasteiger charge is 2.38. The van der Waals surface area contributed by atoms with E-state index in [1.807, 2.05) is 16.7 Å². The molecule has 170 valence electrons. The van der Waals surface area contributed by atoms with Crippen molar-refractivity contribution in [2.24, 2.45) is 4.99 Å². The third-order valence-corrected chi connectivity index (χ3v) is 5.05. The van der Waals surface area contributed by atoms with E-state index < -0.39 is 12.1 Å². The molecule has 0 saturated carbocycles. The number of aromatic nitrogens is 5. The lowest BCUT2D eigenvalue weighted by atomic mass is 10.2. The van der Waals surface area contributed by atoms with Gasteiger partial charge >= 0.3 is 12.1 Å². The Morgan fingerprint density at radius 3 is 2.47 bits per heavy atom. The summed E-state index contributed by atoms with van der Waals surface area (Å²) in [7, 11) is 0. The topological polar surface area (TPSA) is 115 Å². The fraction of sp³-hybridized carbons (Fsp3) is 0.368. The van der Waals surface area contributed by atoms with E-state index in [9.17, 15) is 18.0 Å². The number of halogens is 4. The number of pyridine rings is 1. The molecule has 0 spiro atoms. The Kier molecular flexibility index (Phi) is 7.06. The van der Waals surface area contributed by atoms with Crippen LogP contribution in [0.4, 0.5) is 19.0 Å². The monoisotopic (exact) mass is 514 g/mol. The Bertz CT molecular complexity index is 1220. The van der Waals surface area contributed by atoms with Crippen LogP contribution in [0.1, 0.15) is 31.7 Å². The van der Waals surface area contributed by atoms with Gasteiger partial charge in [-0.05, 0) is 34.5 Å². The SMILES string of the molecule is CCCCCn1c2c(c(=O)n3c(-c4ccncc4)nnc13)CC(Br)=N2.O=C(O)C(F)(F)F. The first-order valence-electron chi connectivity index (χ1n) is 9.59. The van der Waals surface area contributed by atoms with Gasteiger partial charge < -0.3 is 5.11 Å². The van der Waals surface area contributed by atoms with E-state index >= 15 is 0 Å². The number of rotatable bonds is 5. The molecule has 0 amide bonds. The third kappa shape index (κ3) is 4.87.